The van der Waals surface area contributed by atoms with Gasteiger partial charge in [0, 0.05) is 0 Å². The number of benzene rings is 2. The Morgan fingerprint density at radius 2 is 0.967 bits per heavy atom. The number of aromatic carboxylic acids is 2. The molecular formula is C22H22O8. The summed E-state index contributed by atoms with van der Waals surface area (Å²) in [5.74, 6) is -3.07. The van der Waals surface area contributed by atoms with Gasteiger partial charge in [-0.05, 0) is 67.3 Å². The van der Waals surface area contributed by atoms with Crippen LogP contribution in [-0.4, -0.2) is 47.3 Å². The first-order chi connectivity index (χ1) is 14.3. The fourth-order valence-corrected chi connectivity index (χ4v) is 2.51. The second-order valence-electron chi connectivity index (χ2n) is 6.72. The molecule has 0 aliphatic heterocycles. The van der Waals surface area contributed by atoms with Gasteiger partial charge in [-0.1, -0.05) is 6.92 Å². The van der Waals surface area contributed by atoms with Gasteiger partial charge in [0.15, 0.2) is 0 Å². The zero-order valence-corrected chi connectivity index (χ0v) is 16.4. The quantitative estimate of drug-likeness (QED) is 0.566. The summed E-state index contributed by atoms with van der Waals surface area (Å²) in [7, 11) is 0. The number of carboxylic acid groups (broad SMARTS) is 2. The van der Waals surface area contributed by atoms with Crippen LogP contribution in [0.25, 0.3) is 0 Å². The Hall–Kier alpha value is -3.68. The lowest BCUT2D eigenvalue weighted by Crippen LogP contribution is -2.12. The van der Waals surface area contributed by atoms with Gasteiger partial charge in [0.1, 0.15) is 0 Å². The first-order valence-electron chi connectivity index (χ1n) is 9.29. The average Bonchev–Trinajstić information content (AvgIpc) is 2.73. The summed E-state index contributed by atoms with van der Waals surface area (Å²) < 4.78 is 10.4. The number of carbonyl (C=O) groups is 4. The van der Waals surface area contributed by atoms with Crippen molar-refractivity contribution in [2.75, 3.05) is 13.2 Å². The molecule has 0 amide bonds. The third-order valence-electron chi connectivity index (χ3n) is 4.42. The number of hydrogen-bond acceptors (Lipinski definition) is 6. The minimum atomic E-state index is -1.07. The fourth-order valence-electron chi connectivity index (χ4n) is 2.51. The summed E-state index contributed by atoms with van der Waals surface area (Å²) in [5.41, 5.74) is 0.728. The summed E-state index contributed by atoms with van der Waals surface area (Å²) in [4.78, 5) is 45.5. The predicted octanol–water partition coefficient (Wildman–Crippen LogP) is 3.51. The van der Waals surface area contributed by atoms with Crippen molar-refractivity contribution in [2.24, 2.45) is 5.92 Å². The zero-order chi connectivity index (χ0) is 22.1. The highest BCUT2D eigenvalue weighted by molar-refractivity contribution is 5.93. The molecule has 0 saturated heterocycles. The lowest BCUT2D eigenvalue weighted by atomic mass is 10.1. The lowest BCUT2D eigenvalue weighted by molar-refractivity contribution is 0.0447. The van der Waals surface area contributed by atoms with Crippen LogP contribution >= 0.6 is 0 Å². The van der Waals surface area contributed by atoms with Crippen LogP contribution in [0, 0.1) is 5.92 Å². The van der Waals surface area contributed by atoms with Crippen LogP contribution in [0.4, 0.5) is 0 Å². The van der Waals surface area contributed by atoms with E-state index in [9.17, 15) is 19.2 Å². The topological polar surface area (TPSA) is 127 Å². The molecule has 8 nitrogen and oxygen atoms in total. The standard InChI is InChI=1S/C22H22O8/c1-14(10-12-29-21(27)17-6-2-15(3-7-17)19(23)24)11-13-30-22(28)18-8-4-16(5-9-18)20(25)26/h2-9,14H,10-13H2,1H3,(H,23,24)(H,25,26). The van der Waals surface area contributed by atoms with Crippen molar-refractivity contribution < 1.29 is 38.9 Å². The highest BCUT2D eigenvalue weighted by Gasteiger charge is 2.12. The SMILES string of the molecule is CC(CCOC(=O)c1ccc(C(=O)O)cc1)CCOC(=O)c1ccc(C(=O)O)cc1. The smallest absolute Gasteiger partial charge is 0.338 e. The molecule has 2 aromatic carbocycles. The Balaban J connectivity index is 1.67. The molecule has 0 bridgehead atoms. The predicted molar refractivity (Wildman–Crippen MR) is 106 cm³/mol. The van der Waals surface area contributed by atoms with Crippen molar-refractivity contribution >= 4 is 23.9 Å². The third kappa shape index (κ3) is 6.73. The highest BCUT2D eigenvalue weighted by Crippen LogP contribution is 2.12. The molecule has 0 atom stereocenters. The molecule has 2 rings (SSSR count). The molecule has 2 N–H and O–H groups in total. The van der Waals surface area contributed by atoms with Crippen LogP contribution < -0.4 is 0 Å². The lowest BCUT2D eigenvalue weighted by Gasteiger charge is -2.12. The molecule has 0 radical (unpaired) electrons. The molecule has 0 spiro atoms. The molecule has 2 aromatic rings. The summed E-state index contributed by atoms with van der Waals surface area (Å²) in [6, 6.07) is 11.0. The van der Waals surface area contributed by atoms with Crippen molar-refractivity contribution in [1.82, 2.24) is 0 Å². The fraction of sp³-hybridized carbons (Fsp3) is 0.273. The van der Waals surface area contributed by atoms with Crippen LogP contribution in [0.15, 0.2) is 48.5 Å². The van der Waals surface area contributed by atoms with Gasteiger partial charge in [0.05, 0.1) is 35.5 Å². The van der Waals surface area contributed by atoms with Gasteiger partial charge in [0.2, 0.25) is 0 Å². The Bertz CT molecular complexity index is 824. The van der Waals surface area contributed by atoms with E-state index in [1.54, 1.807) is 0 Å². The molecule has 158 valence electrons. The van der Waals surface area contributed by atoms with Gasteiger partial charge in [0.25, 0.3) is 0 Å². The highest BCUT2D eigenvalue weighted by atomic mass is 16.5. The van der Waals surface area contributed by atoms with Gasteiger partial charge in [-0.2, -0.15) is 0 Å². The summed E-state index contributed by atoms with van der Waals surface area (Å²) in [6.45, 7) is 2.31. The number of rotatable bonds is 10. The van der Waals surface area contributed by atoms with Gasteiger partial charge in [-0.25, -0.2) is 19.2 Å². The minimum absolute atomic E-state index is 0.0903. The minimum Gasteiger partial charge on any atom is -0.478 e. The van der Waals surface area contributed by atoms with Gasteiger partial charge in [-0.15, -0.1) is 0 Å². The zero-order valence-electron chi connectivity index (χ0n) is 16.4. The van der Waals surface area contributed by atoms with E-state index < -0.39 is 23.9 Å². The second-order valence-corrected chi connectivity index (χ2v) is 6.72. The van der Waals surface area contributed by atoms with Crippen LogP contribution in [0.2, 0.25) is 0 Å². The molecule has 8 heteroatoms. The van der Waals surface area contributed by atoms with Gasteiger partial charge < -0.3 is 19.7 Å². The molecular weight excluding hydrogens is 392 g/mol. The van der Waals surface area contributed by atoms with Crippen LogP contribution in [0.3, 0.4) is 0 Å². The molecule has 0 aliphatic carbocycles. The van der Waals surface area contributed by atoms with Crippen LogP contribution in [0.5, 0.6) is 0 Å². The Labute approximate surface area is 173 Å². The normalized spacial score (nSPS) is 10.5. The monoisotopic (exact) mass is 414 g/mol. The maximum atomic E-state index is 12.0. The number of ether oxygens (including phenoxy) is 2. The summed E-state index contributed by atoms with van der Waals surface area (Å²) >= 11 is 0. The van der Waals surface area contributed by atoms with Crippen LogP contribution in [0.1, 0.15) is 61.2 Å². The van der Waals surface area contributed by atoms with Crippen LogP contribution in [-0.2, 0) is 9.47 Å². The van der Waals surface area contributed by atoms with Crippen molar-refractivity contribution in [3.05, 3.63) is 70.8 Å². The molecule has 0 aromatic heterocycles. The Morgan fingerprint density at radius 1 is 0.667 bits per heavy atom. The first kappa shape index (κ1) is 22.6. The summed E-state index contributed by atoms with van der Waals surface area (Å²) in [5, 5.41) is 17.7. The molecule has 0 saturated carbocycles. The second kappa shape index (κ2) is 10.8. The van der Waals surface area contributed by atoms with Gasteiger partial charge in [-0.3, -0.25) is 0 Å². The van der Waals surface area contributed by atoms with Crippen molar-refractivity contribution in [2.45, 2.75) is 19.8 Å². The van der Waals surface area contributed by atoms with E-state index >= 15 is 0 Å². The van der Waals surface area contributed by atoms with Gasteiger partial charge >= 0.3 is 23.9 Å². The summed E-state index contributed by atoms with van der Waals surface area (Å²) in [6.07, 6.45) is 1.15. The molecule has 0 fully saturated rings. The van der Waals surface area contributed by atoms with Crippen molar-refractivity contribution in [3.63, 3.8) is 0 Å². The average molecular weight is 414 g/mol. The first-order valence-corrected chi connectivity index (χ1v) is 9.29. The largest absolute Gasteiger partial charge is 0.478 e. The molecule has 0 heterocycles. The third-order valence-corrected chi connectivity index (χ3v) is 4.42. The van der Waals surface area contributed by atoms with E-state index in [2.05, 4.69) is 0 Å². The number of hydrogen-bond donors (Lipinski definition) is 2. The van der Waals surface area contributed by atoms with E-state index in [1.807, 2.05) is 6.92 Å². The Morgan fingerprint density at radius 3 is 1.27 bits per heavy atom. The molecule has 0 aliphatic rings. The van der Waals surface area contributed by atoms with E-state index in [4.69, 9.17) is 19.7 Å². The maximum Gasteiger partial charge on any atom is 0.338 e. The maximum absolute atomic E-state index is 12.0. The Kier molecular flexibility index (Phi) is 8.10. The molecule has 0 unspecified atom stereocenters. The van der Waals surface area contributed by atoms with Crippen molar-refractivity contribution in [3.8, 4) is 0 Å². The van der Waals surface area contributed by atoms with E-state index in [0.29, 0.717) is 12.8 Å². The number of esters is 2. The van der Waals surface area contributed by atoms with E-state index in [1.165, 1.54) is 48.5 Å². The molecule has 30 heavy (non-hydrogen) atoms. The van der Waals surface area contributed by atoms with E-state index in [-0.39, 0.29) is 41.4 Å². The number of carbonyl (C=O) groups excluding carboxylic acids is 2. The van der Waals surface area contributed by atoms with Crippen molar-refractivity contribution in [1.29, 1.82) is 0 Å². The van der Waals surface area contributed by atoms with E-state index in [0.717, 1.165) is 0 Å². The number of carboxylic acids is 2.